The van der Waals surface area contributed by atoms with Crippen molar-refractivity contribution < 1.29 is 9.53 Å². The maximum absolute atomic E-state index is 13.1. The van der Waals surface area contributed by atoms with Crippen molar-refractivity contribution in [3.05, 3.63) is 54.4 Å². The molecule has 6 rings (SSSR count). The number of hydrogen-bond acceptors (Lipinski definition) is 4. The third-order valence-corrected chi connectivity index (χ3v) is 8.88. The first-order valence-electron chi connectivity index (χ1n) is 12.8. The van der Waals surface area contributed by atoms with Gasteiger partial charge in [-0.1, -0.05) is 36.4 Å². The number of esters is 1. The Labute approximate surface area is 196 Å². The molecule has 3 heterocycles. The molecule has 4 aliphatic rings. The van der Waals surface area contributed by atoms with Gasteiger partial charge in [-0.15, -0.1) is 0 Å². The number of hydrogen-bond donors (Lipinski definition) is 0. The van der Waals surface area contributed by atoms with Gasteiger partial charge in [0, 0.05) is 24.7 Å². The number of fused-ring (bicyclic) bond motifs is 3. The summed E-state index contributed by atoms with van der Waals surface area (Å²) in [6.45, 7) is 5.58. The van der Waals surface area contributed by atoms with Crippen LogP contribution in [0.2, 0.25) is 0 Å². The van der Waals surface area contributed by atoms with Gasteiger partial charge in [0.2, 0.25) is 0 Å². The number of imidazole rings is 1. The van der Waals surface area contributed by atoms with Crippen LogP contribution in [0.15, 0.2) is 48.6 Å². The number of carbonyl (C=O) groups excluding carboxylic acids is 1. The maximum atomic E-state index is 13.1. The highest BCUT2D eigenvalue weighted by molar-refractivity contribution is 5.81. The highest BCUT2D eigenvalue weighted by atomic mass is 16.5. The van der Waals surface area contributed by atoms with Crippen LogP contribution in [0.1, 0.15) is 57.3 Å². The zero-order valence-corrected chi connectivity index (χ0v) is 19.8. The number of aromatic nitrogens is 2. The molecule has 6 atom stereocenters. The van der Waals surface area contributed by atoms with E-state index < -0.39 is 0 Å². The lowest BCUT2D eigenvalue weighted by atomic mass is 9.82. The molecule has 2 aromatic rings. The van der Waals surface area contributed by atoms with Gasteiger partial charge in [0.15, 0.2) is 0 Å². The van der Waals surface area contributed by atoms with E-state index in [1.807, 2.05) is 6.92 Å². The van der Waals surface area contributed by atoms with Crippen LogP contribution in [0.5, 0.6) is 0 Å². The summed E-state index contributed by atoms with van der Waals surface area (Å²) in [5.74, 6) is 1.85. The number of para-hydroxylation sites is 2. The summed E-state index contributed by atoms with van der Waals surface area (Å²) in [5.41, 5.74) is 2.06. The molecule has 5 nitrogen and oxygen atoms in total. The normalized spacial score (nSPS) is 35.3. The van der Waals surface area contributed by atoms with E-state index in [2.05, 4.69) is 65.0 Å². The largest absolute Gasteiger partial charge is 0.466 e. The first-order chi connectivity index (χ1) is 16.1. The SMILES string of the molecule is CCOC(=O)[C@@]1(C2C=CC=CC2)C[C@H]1CN1[C@@H]2CC[C@H]1CC(n1c(C)nc3ccccc31)C2. The van der Waals surface area contributed by atoms with E-state index in [9.17, 15) is 4.79 Å². The fraction of sp³-hybridized carbons (Fsp3) is 0.571. The average molecular weight is 446 g/mol. The number of allylic oxidation sites excluding steroid dienone is 4. The number of rotatable bonds is 6. The lowest BCUT2D eigenvalue weighted by molar-refractivity contribution is -0.152. The molecule has 0 radical (unpaired) electrons. The van der Waals surface area contributed by atoms with Gasteiger partial charge in [-0.25, -0.2) is 4.98 Å². The molecule has 0 N–H and O–H groups in total. The molecule has 174 valence electrons. The smallest absolute Gasteiger partial charge is 0.313 e. The Morgan fingerprint density at radius 1 is 1.15 bits per heavy atom. The predicted octanol–water partition coefficient (Wildman–Crippen LogP) is 5.21. The summed E-state index contributed by atoms with van der Waals surface area (Å²) in [7, 11) is 0. The molecule has 3 fully saturated rings. The number of carbonyl (C=O) groups is 1. The Morgan fingerprint density at radius 3 is 2.67 bits per heavy atom. The molecule has 2 unspecified atom stereocenters. The van der Waals surface area contributed by atoms with Crippen LogP contribution in [0.4, 0.5) is 0 Å². The summed E-state index contributed by atoms with van der Waals surface area (Å²) < 4.78 is 8.10. The van der Waals surface area contributed by atoms with Gasteiger partial charge in [0.25, 0.3) is 0 Å². The highest BCUT2D eigenvalue weighted by Gasteiger charge is 2.65. The minimum Gasteiger partial charge on any atom is -0.466 e. The molecular weight excluding hydrogens is 410 g/mol. The molecule has 2 aliphatic carbocycles. The molecule has 33 heavy (non-hydrogen) atoms. The minimum absolute atomic E-state index is 0.0303. The Balaban J connectivity index is 1.20. The van der Waals surface area contributed by atoms with Crippen LogP contribution in [-0.2, 0) is 9.53 Å². The average Bonchev–Trinajstić information content (AvgIpc) is 3.39. The van der Waals surface area contributed by atoms with Crippen LogP contribution >= 0.6 is 0 Å². The van der Waals surface area contributed by atoms with E-state index >= 15 is 0 Å². The molecular formula is C28H35N3O2. The number of nitrogens with zero attached hydrogens (tertiary/aromatic N) is 3. The number of aryl methyl sites for hydroxylation is 1. The zero-order chi connectivity index (χ0) is 22.6. The molecule has 0 spiro atoms. The van der Waals surface area contributed by atoms with E-state index in [1.54, 1.807) is 0 Å². The van der Waals surface area contributed by atoms with Gasteiger partial charge in [-0.2, -0.15) is 0 Å². The van der Waals surface area contributed by atoms with Crippen LogP contribution in [-0.4, -0.2) is 45.7 Å². The molecule has 1 aromatic heterocycles. The fourth-order valence-electron chi connectivity index (χ4n) is 7.29. The third kappa shape index (κ3) is 3.39. The van der Waals surface area contributed by atoms with Crippen molar-refractivity contribution in [1.82, 2.24) is 14.5 Å². The van der Waals surface area contributed by atoms with Crippen molar-refractivity contribution in [2.45, 2.75) is 70.5 Å². The van der Waals surface area contributed by atoms with Crippen molar-refractivity contribution in [1.29, 1.82) is 0 Å². The van der Waals surface area contributed by atoms with Crippen LogP contribution < -0.4 is 0 Å². The van der Waals surface area contributed by atoms with E-state index in [0.29, 0.717) is 30.7 Å². The lowest BCUT2D eigenvalue weighted by Crippen LogP contribution is -2.45. The van der Waals surface area contributed by atoms with Gasteiger partial charge in [0.05, 0.1) is 23.1 Å². The van der Waals surface area contributed by atoms with Crippen molar-refractivity contribution >= 4 is 17.0 Å². The Morgan fingerprint density at radius 2 is 1.94 bits per heavy atom. The molecule has 2 bridgehead atoms. The van der Waals surface area contributed by atoms with E-state index in [-0.39, 0.29) is 17.3 Å². The second-order valence-corrected chi connectivity index (χ2v) is 10.5. The maximum Gasteiger partial charge on any atom is 0.313 e. The van der Waals surface area contributed by atoms with Crippen molar-refractivity contribution in [3.8, 4) is 0 Å². The monoisotopic (exact) mass is 445 g/mol. The van der Waals surface area contributed by atoms with Crippen LogP contribution in [0, 0.1) is 24.2 Å². The summed E-state index contributed by atoms with van der Waals surface area (Å²) in [6, 6.07) is 10.3. The summed E-state index contributed by atoms with van der Waals surface area (Å²) in [5, 5.41) is 0. The topological polar surface area (TPSA) is 47.4 Å². The highest BCUT2D eigenvalue weighted by Crippen LogP contribution is 2.61. The van der Waals surface area contributed by atoms with Crippen molar-refractivity contribution in [3.63, 3.8) is 0 Å². The van der Waals surface area contributed by atoms with Gasteiger partial charge in [-0.05, 0) is 76.3 Å². The number of piperidine rings is 1. The fourth-order valence-corrected chi connectivity index (χ4v) is 7.29. The van der Waals surface area contributed by atoms with E-state index in [1.165, 1.54) is 31.2 Å². The van der Waals surface area contributed by atoms with Crippen LogP contribution in [0.25, 0.3) is 11.0 Å². The standard InChI is InChI=1S/C28H35N3O2/c1-3-33-27(32)28(20-9-5-4-6-10-20)17-21(28)18-30-22-13-14-23(30)16-24(15-22)31-19(2)29-25-11-7-8-12-26(25)31/h4-9,11-12,20-24H,3,10,13-18H2,1-2H3/t20?,21-,22-,23+,24?,28+/m0/s1. The zero-order valence-electron chi connectivity index (χ0n) is 19.8. The third-order valence-electron chi connectivity index (χ3n) is 8.88. The van der Waals surface area contributed by atoms with E-state index in [0.717, 1.165) is 30.7 Å². The van der Waals surface area contributed by atoms with Gasteiger partial charge in [0.1, 0.15) is 5.82 Å². The molecule has 0 amide bonds. The first-order valence-corrected chi connectivity index (χ1v) is 12.8. The van der Waals surface area contributed by atoms with Gasteiger partial charge >= 0.3 is 5.97 Å². The number of benzene rings is 1. The second kappa shape index (κ2) is 8.12. The first kappa shape index (κ1) is 21.2. The lowest BCUT2D eigenvalue weighted by Gasteiger charge is -2.40. The van der Waals surface area contributed by atoms with Crippen LogP contribution in [0.3, 0.4) is 0 Å². The van der Waals surface area contributed by atoms with Gasteiger partial charge < -0.3 is 9.30 Å². The molecule has 1 saturated carbocycles. The Hall–Kier alpha value is -2.40. The summed E-state index contributed by atoms with van der Waals surface area (Å²) in [4.78, 5) is 20.7. The van der Waals surface area contributed by atoms with Crippen molar-refractivity contribution in [2.24, 2.45) is 17.3 Å². The van der Waals surface area contributed by atoms with E-state index in [4.69, 9.17) is 9.72 Å². The minimum atomic E-state index is -0.315. The molecule has 2 aliphatic heterocycles. The summed E-state index contributed by atoms with van der Waals surface area (Å²) in [6.07, 6.45) is 15.5. The predicted molar refractivity (Wildman–Crippen MR) is 130 cm³/mol. The number of ether oxygens (including phenoxy) is 1. The van der Waals surface area contributed by atoms with Crippen molar-refractivity contribution in [2.75, 3.05) is 13.2 Å². The Kier molecular flexibility index (Phi) is 5.21. The second-order valence-electron chi connectivity index (χ2n) is 10.5. The summed E-state index contributed by atoms with van der Waals surface area (Å²) >= 11 is 0. The molecule has 2 saturated heterocycles. The Bertz CT molecular complexity index is 1100. The van der Waals surface area contributed by atoms with Gasteiger partial charge in [-0.3, -0.25) is 9.69 Å². The molecule has 5 heteroatoms. The quantitative estimate of drug-likeness (QED) is 0.573. The molecule has 1 aromatic carbocycles.